The molecule has 8 rings (SSSR count). The maximum Gasteiger partial charge on any atom is 0.277 e. The van der Waals surface area contributed by atoms with Crippen LogP contribution in [0.25, 0.3) is 39.0 Å². The molecule has 13 heteroatoms. The fourth-order valence-corrected chi connectivity index (χ4v) is 8.17. The molecule has 264 valence electrons. The number of halogens is 2. The molecule has 2 aromatic carbocycles. The largest absolute Gasteiger partial charge is 0.481 e. The zero-order valence-corrected chi connectivity index (χ0v) is 30.0. The molecule has 11 nitrogen and oxygen atoms in total. The highest BCUT2D eigenvalue weighted by Gasteiger charge is 2.49. The Bertz CT molecular complexity index is 2200. The summed E-state index contributed by atoms with van der Waals surface area (Å²) in [6.45, 7) is 3.43. The highest BCUT2D eigenvalue weighted by molar-refractivity contribution is 6.39. The molecule has 51 heavy (non-hydrogen) atoms. The van der Waals surface area contributed by atoms with Gasteiger partial charge in [-0.05, 0) is 31.4 Å². The molecule has 5 aromatic rings. The number of amides is 1. The van der Waals surface area contributed by atoms with Gasteiger partial charge in [-0.25, -0.2) is 9.50 Å². The second-order valence-corrected chi connectivity index (χ2v) is 14.7. The van der Waals surface area contributed by atoms with Crippen LogP contribution >= 0.6 is 23.2 Å². The molecule has 0 radical (unpaired) electrons. The molecule has 1 saturated carbocycles. The summed E-state index contributed by atoms with van der Waals surface area (Å²) in [6.07, 6.45) is 5.44. The number of rotatable bonds is 11. The van der Waals surface area contributed by atoms with Gasteiger partial charge in [0.15, 0.2) is 0 Å². The fourth-order valence-electron chi connectivity index (χ4n) is 7.51. The third kappa shape index (κ3) is 6.42. The third-order valence-corrected chi connectivity index (χ3v) is 11.3. The van der Waals surface area contributed by atoms with Crippen LogP contribution in [0.15, 0.2) is 65.6 Å². The van der Waals surface area contributed by atoms with Gasteiger partial charge in [-0.1, -0.05) is 65.7 Å². The van der Waals surface area contributed by atoms with E-state index in [0.717, 1.165) is 65.9 Å². The van der Waals surface area contributed by atoms with Gasteiger partial charge < -0.3 is 25.4 Å². The molecule has 3 aromatic heterocycles. The first-order valence-electron chi connectivity index (χ1n) is 17.2. The van der Waals surface area contributed by atoms with Crippen LogP contribution in [0.3, 0.4) is 0 Å². The fraction of sp³-hybridized carbons (Fsp3) is 0.368. The second-order valence-electron chi connectivity index (χ2n) is 14.0. The van der Waals surface area contributed by atoms with Crippen LogP contribution in [0.5, 0.6) is 5.88 Å². The Morgan fingerprint density at radius 1 is 1.00 bits per heavy atom. The Morgan fingerprint density at radius 2 is 1.73 bits per heavy atom. The minimum atomic E-state index is -0.124. The number of pyridine rings is 1. The van der Waals surface area contributed by atoms with Crippen LogP contribution in [-0.4, -0.2) is 64.0 Å². The van der Waals surface area contributed by atoms with Gasteiger partial charge in [-0.2, -0.15) is 5.10 Å². The topological polar surface area (TPSA) is 124 Å². The van der Waals surface area contributed by atoms with Crippen molar-refractivity contribution >= 4 is 34.6 Å². The smallest absolute Gasteiger partial charge is 0.277 e. The summed E-state index contributed by atoms with van der Waals surface area (Å²) in [5.41, 5.74) is 6.06. The van der Waals surface area contributed by atoms with E-state index in [1.807, 2.05) is 60.8 Å². The number of methoxy groups -OCH3 is 1. The van der Waals surface area contributed by atoms with Crippen molar-refractivity contribution in [2.45, 2.75) is 50.9 Å². The molecule has 1 atom stereocenters. The minimum Gasteiger partial charge on any atom is -0.481 e. The first-order valence-corrected chi connectivity index (χ1v) is 18.0. The first kappa shape index (κ1) is 33.9. The summed E-state index contributed by atoms with van der Waals surface area (Å²) in [7, 11) is 3.36. The average molecular weight is 729 g/mol. The van der Waals surface area contributed by atoms with E-state index in [1.165, 1.54) is 0 Å². The van der Waals surface area contributed by atoms with Crippen molar-refractivity contribution in [2.24, 2.45) is 12.5 Å². The highest BCUT2D eigenvalue weighted by atomic mass is 35.5. The normalized spacial score (nSPS) is 18.2. The number of fused-ring (bicyclic) bond motifs is 1. The Labute approximate surface area is 305 Å². The summed E-state index contributed by atoms with van der Waals surface area (Å²) in [4.78, 5) is 29.8. The van der Waals surface area contributed by atoms with Crippen LogP contribution in [0.1, 0.15) is 37.1 Å². The SMILES string of the molecule is COc1nc(-c2cccc(-c3cccc(-c4cc5c(=O)n(C)c(CNC6CC7(COC7)C6)nn5c4)c3Cl)c2Cl)ccc1CNC[C@H]1CCC(=O)N1. The quantitative estimate of drug-likeness (QED) is 0.166. The molecule has 2 aliphatic heterocycles. The summed E-state index contributed by atoms with van der Waals surface area (Å²) in [5.74, 6) is 1.26. The Morgan fingerprint density at radius 3 is 2.41 bits per heavy atom. The lowest BCUT2D eigenvalue weighted by Crippen LogP contribution is -2.58. The maximum absolute atomic E-state index is 13.4. The maximum atomic E-state index is 13.4. The second kappa shape index (κ2) is 13.7. The Kier molecular flexibility index (Phi) is 9.10. The summed E-state index contributed by atoms with van der Waals surface area (Å²) >= 11 is 14.2. The highest BCUT2D eigenvalue weighted by Crippen LogP contribution is 2.47. The van der Waals surface area contributed by atoms with E-state index in [-0.39, 0.29) is 17.5 Å². The molecule has 3 N–H and O–H groups in total. The lowest BCUT2D eigenvalue weighted by Gasteiger charge is -2.53. The summed E-state index contributed by atoms with van der Waals surface area (Å²) in [6, 6.07) is 17.9. The van der Waals surface area contributed by atoms with E-state index in [0.29, 0.717) is 70.5 Å². The van der Waals surface area contributed by atoms with Gasteiger partial charge in [0.25, 0.3) is 5.56 Å². The summed E-state index contributed by atoms with van der Waals surface area (Å²) < 4.78 is 14.3. The molecule has 0 unspecified atom stereocenters. The van der Waals surface area contributed by atoms with Gasteiger partial charge in [0, 0.05) is 83.6 Å². The van der Waals surface area contributed by atoms with E-state index in [9.17, 15) is 9.59 Å². The van der Waals surface area contributed by atoms with Gasteiger partial charge in [0.2, 0.25) is 11.8 Å². The van der Waals surface area contributed by atoms with Crippen molar-refractivity contribution in [1.82, 2.24) is 35.1 Å². The van der Waals surface area contributed by atoms with Crippen LogP contribution in [-0.2, 0) is 29.7 Å². The lowest BCUT2D eigenvalue weighted by atomic mass is 9.64. The van der Waals surface area contributed by atoms with E-state index >= 15 is 0 Å². The van der Waals surface area contributed by atoms with Gasteiger partial charge in [0.05, 0.1) is 42.6 Å². The number of nitrogens with one attached hydrogen (secondary N) is 3. The van der Waals surface area contributed by atoms with E-state index in [1.54, 1.807) is 23.2 Å². The number of aromatic nitrogens is 4. The number of ether oxygens (including phenoxy) is 2. The molecule has 1 aliphatic carbocycles. The van der Waals surface area contributed by atoms with Gasteiger partial charge in [-0.15, -0.1) is 0 Å². The molecular formula is C38H39Cl2N7O4. The minimum absolute atomic E-state index is 0.0970. The molecule has 5 heterocycles. The number of nitrogens with zero attached hydrogens (tertiary/aromatic N) is 4. The number of carbonyl (C=O) groups is 1. The molecular weight excluding hydrogens is 689 g/mol. The van der Waals surface area contributed by atoms with E-state index in [4.69, 9.17) is 42.8 Å². The van der Waals surface area contributed by atoms with Crippen molar-refractivity contribution in [3.63, 3.8) is 0 Å². The van der Waals surface area contributed by atoms with E-state index < -0.39 is 0 Å². The first-order chi connectivity index (χ1) is 24.7. The molecule has 1 spiro atoms. The van der Waals surface area contributed by atoms with Gasteiger partial charge in [-0.3, -0.25) is 14.2 Å². The molecule has 0 bridgehead atoms. The molecule has 1 amide bonds. The monoisotopic (exact) mass is 727 g/mol. The lowest BCUT2D eigenvalue weighted by molar-refractivity contribution is -0.167. The number of hydrogen-bond acceptors (Lipinski definition) is 8. The number of hydrogen-bond donors (Lipinski definition) is 3. The Balaban J connectivity index is 1.03. The van der Waals surface area contributed by atoms with Crippen molar-refractivity contribution in [3.8, 4) is 39.4 Å². The third-order valence-electron chi connectivity index (χ3n) is 10.5. The standard InChI is InChI=1S/C38H39Cl2N7O4/c1-46-32(18-42-25-14-38(15-25)20-51-21-38)45-47-19-23(13-31(47)37(46)49)26-5-3-6-27(34(26)39)28-7-4-8-29(35(28)40)30-11-9-22(36(44-30)50-2)16-41-17-24-10-12-33(48)43-24/h3-9,11,13,19,24-25,41-42H,10,12,14-18,20-21H2,1-2H3,(H,43,48)/t24-/m1/s1. The zero-order valence-electron chi connectivity index (χ0n) is 28.5. The van der Waals surface area contributed by atoms with Crippen molar-refractivity contribution in [1.29, 1.82) is 0 Å². The molecule has 2 saturated heterocycles. The predicted molar refractivity (Wildman–Crippen MR) is 197 cm³/mol. The molecule has 3 aliphatic rings. The van der Waals surface area contributed by atoms with Crippen molar-refractivity contribution in [3.05, 3.63) is 92.6 Å². The van der Waals surface area contributed by atoms with Crippen LogP contribution in [0.4, 0.5) is 0 Å². The zero-order chi connectivity index (χ0) is 35.3. The predicted octanol–water partition coefficient (Wildman–Crippen LogP) is 5.38. The number of carbonyl (C=O) groups excluding carboxylic acids is 1. The average Bonchev–Trinajstić information content (AvgIpc) is 3.72. The van der Waals surface area contributed by atoms with E-state index in [2.05, 4.69) is 16.0 Å². The van der Waals surface area contributed by atoms with Crippen molar-refractivity contribution < 1.29 is 14.3 Å². The van der Waals surface area contributed by atoms with Crippen LogP contribution in [0.2, 0.25) is 10.0 Å². The Hall–Kier alpha value is -4.26. The van der Waals surface area contributed by atoms with Crippen LogP contribution < -0.4 is 26.2 Å². The van der Waals surface area contributed by atoms with Crippen LogP contribution in [0, 0.1) is 5.41 Å². The van der Waals surface area contributed by atoms with Crippen molar-refractivity contribution in [2.75, 3.05) is 26.9 Å². The molecule has 3 fully saturated rings. The number of benzene rings is 2. The van der Waals surface area contributed by atoms with Gasteiger partial charge in [0.1, 0.15) is 11.3 Å². The summed E-state index contributed by atoms with van der Waals surface area (Å²) in [5, 5.41) is 15.8. The van der Waals surface area contributed by atoms with Gasteiger partial charge >= 0.3 is 0 Å².